The smallest absolute Gasteiger partial charge is 0.409 e. The Bertz CT molecular complexity index is 282. The molecule has 0 aliphatic rings. The molecule has 0 bridgehead atoms. The van der Waals surface area contributed by atoms with Crippen LogP contribution >= 0.6 is 0 Å². The molecule has 1 amide bonds. The van der Waals surface area contributed by atoms with E-state index in [0.29, 0.717) is 6.61 Å². The number of hydrogen-bond acceptors (Lipinski definition) is 2. The summed E-state index contributed by atoms with van der Waals surface area (Å²) in [5, 5.41) is 0. The fourth-order valence-corrected chi connectivity index (χ4v) is 3.24. The average molecular weight is 370 g/mol. The van der Waals surface area contributed by atoms with E-state index in [1.165, 1.54) is 83.5 Å². The third-order valence-corrected chi connectivity index (χ3v) is 5.04. The summed E-state index contributed by atoms with van der Waals surface area (Å²) in [5.74, 6) is 0. The van der Waals surface area contributed by atoms with E-state index in [1.807, 2.05) is 4.90 Å². The molecule has 0 fully saturated rings. The Balaban J connectivity index is 3.84. The molecule has 0 unspecified atom stereocenters. The lowest BCUT2D eigenvalue weighted by atomic mass is 10.1. The summed E-state index contributed by atoms with van der Waals surface area (Å²) < 4.78 is 5.55. The molecule has 0 aromatic carbocycles. The minimum atomic E-state index is -0.0825. The lowest BCUT2D eigenvalue weighted by molar-refractivity contribution is 0.0990. The van der Waals surface area contributed by atoms with Crippen molar-refractivity contribution in [3.05, 3.63) is 0 Å². The van der Waals surface area contributed by atoms with Gasteiger partial charge in [0.1, 0.15) is 0 Å². The summed E-state index contributed by atoms with van der Waals surface area (Å²) in [7, 11) is 0. The molecule has 0 aromatic heterocycles. The van der Waals surface area contributed by atoms with Crippen molar-refractivity contribution in [2.24, 2.45) is 0 Å². The van der Waals surface area contributed by atoms with Crippen LogP contribution < -0.4 is 0 Å². The number of hydrogen-bond donors (Lipinski definition) is 0. The highest BCUT2D eigenvalue weighted by molar-refractivity contribution is 5.67. The molecule has 0 rings (SSSR count). The Hall–Kier alpha value is -0.730. The second-order valence-electron chi connectivity index (χ2n) is 7.70. The van der Waals surface area contributed by atoms with Crippen molar-refractivity contribution in [3.8, 4) is 0 Å². The maximum Gasteiger partial charge on any atom is 0.409 e. The van der Waals surface area contributed by atoms with Crippen molar-refractivity contribution in [2.45, 2.75) is 124 Å². The molecule has 26 heavy (non-hydrogen) atoms. The summed E-state index contributed by atoms with van der Waals surface area (Å²) in [6, 6.07) is 0. The Morgan fingerprint density at radius 1 is 0.577 bits per heavy atom. The molecule has 0 saturated heterocycles. The first kappa shape index (κ1) is 25.3. The highest BCUT2D eigenvalue weighted by atomic mass is 16.6. The van der Waals surface area contributed by atoms with Gasteiger partial charge in [0.05, 0.1) is 6.61 Å². The Kier molecular flexibility index (Phi) is 20.0. The molecule has 0 aliphatic carbocycles. The third-order valence-electron chi connectivity index (χ3n) is 5.04. The summed E-state index contributed by atoms with van der Waals surface area (Å²) in [6.07, 6.45) is 19.8. The van der Waals surface area contributed by atoms with Crippen molar-refractivity contribution in [2.75, 3.05) is 19.7 Å². The molecular weight excluding hydrogens is 322 g/mol. The molecule has 3 heteroatoms. The van der Waals surface area contributed by atoms with E-state index in [9.17, 15) is 4.79 Å². The van der Waals surface area contributed by atoms with Crippen molar-refractivity contribution < 1.29 is 9.53 Å². The predicted molar refractivity (Wildman–Crippen MR) is 114 cm³/mol. The zero-order valence-electron chi connectivity index (χ0n) is 18.2. The normalized spacial score (nSPS) is 10.9. The van der Waals surface area contributed by atoms with E-state index in [4.69, 9.17) is 4.74 Å². The number of nitrogens with zero attached hydrogens (tertiary/aromatic N) is 1. The summed E-state index contributed by atoms with van der Waals surface area (Å²) >= 11 is 0. The topological polar surface area (TPSA) is 29.5 Å². The van der Waals surface area contributed by atoms with Crippen LogP contribution in [0.4, 0.5) is 4.79 Å². The Morgan fingerprint density at radius 2 is 0.962 bits per heavy atom. The first-order valence-corrected chi connectivity index (χ1v) is 11.7. The van der Waals surface area contributed by atoms with E-state index < -0.39 is 0 Å². The van der Waals surface area contributed by atoms with Gasteiger partial charge < -0.3 is 9.64 Å². The highest BCUT2D eigenvalue weighted by Crippen LogP contribution is 2.10. The lowest BCUT2D eigenvalue weighted by Gasteiger charge is -2.22. The van der Waals surface area contributed by atoms with Crippen LogP contribution in [-0.4, -0.2) is 30.7 Å². The van der Waals surface area contributed by atoms with Gasteiger partial charge in [-0.3, -0.25) is 0 Å². The molecule has 0 spiro atoms. The zero-order chi connectivity index (χ0) is 19.3. The van der Waals surface area contributed by atoms with E-state index in [-0.39, 0.29) is 6.09 Å². The number of carbonyl (C=O) groups excluding carboxylic acids is 1. The highest BCUT2D eigenvalue weighted by Gasteiger charge is 2.13. The van der Waals surface area contributed by atoms with Gasteiger partial charge >= 0.3 is 6.09 Å². The molecule has 0 atom stereocenters. The number of unbranched alkanes of at least 4 members (excludes halogenated alkanes) is 13. The van der Waals surface area contributed by atoms with Gasteiger partial charge in [-0.25, -0.2) is 4.79 Å². The molecule has 0 aromatic rings. The SMILES string of the molecule is CCCCCCCCCCOC(=O)N(CCCCCC)CCCCCC. The summed E-state index contributed by atoms with van der Waals surface area (Å²) in [4.78, 5) is 14.3. The lowest BCUT2D eigenvalue weighted by Crippen LogP contribution is -2.33. The van der Waals surface area contributed by atoms with Crippen molar-refractivity contribution in [1.29, 1.82) is 0 Å². The molecular formula is C23H47NO2. The molecule has 0 saturated carbocycles. The molecule has 3 nitrogen and oxygen atoms in total. The number of ether oxygens (including phenoxy) is 1. The van der Waals surface area contributed by atoms with E-state index >= 15 is 0 Å². The van der Waals surface area contributed by atoms with Crippen LogP contribution in [0.2, 0.25) is 0 Å². The van der Waals surface area contributed by atoms with Crippen LogP contribution in [0.25, 0.3) is 0 Å². The van der Waals surface area contributed by atoms with Crippen LogP contribution in [0.15, 0.2) is 0 Å². The number of carbonyl (C=O) groups is 1. The number of amides is 1. The van der Waals surface area contributed by atoms with Crippen molar-refractivity contribution in [1.82, 2.24) is 4.90 Å². The van der Waals surface area contributed by atoms with Crippen LogP contribution in [-0.2, 0) is 4.74 Å². The van der Waals surface area contributed by atoms with E-state index in [2.05, 4.69) is 20.8 Å². The Morgan fingerprint density at radius 3 is 1.42 bits per heavy atom. The van der Waals surface area contributed by atoms with Crippen LogP contribution in [0.5, 0.6) is 0 Å². The van der Waals surface area contributed by atoms with Gasteiger partial charge in [-0.2, -0.15) is 0 Å². The minimum absolute atomic E-state index is 0.0825. The van der Waals surface area contributed by atoms with Gasteiger partial charge in [-0.15, -0.1) is 0 Å². The molecule has 156 valence electrons. The number of rotatable bonds is 19. The van der Waals surface area contributed by atoms with Gasteiger partial charge in [0.25, 0.3) is 0 Å². The van der Waals surface area contributed by atoms with Crippen molar-refractivity contribution in [3.63, 3.8) is 0 Å². The first-order chi connectivity index (χ1) is 12.8. The van der Waals surface area contributed by atoms with Gasteiger partial charge in [0.15, 0.2) is 0 Å². The maximum atomic E-state index is 12.4. The quantitative estimate of drug-likeness (QED) is 0.218. The fourth-order valence-electron chi connectivity index (χ4n) is 3.24. The molecule has 0 heterocycles. The van der Waals surface area contributed by atoms with Crippen molar-refractivity contribution >= 4 is 6.09 Å². The largest absolute Gasteiger partial charge is 0.449 e. The van der Waals surface area contributed by atoms with Gasteiger partial charge in [0.2, 0.25) is 0 Å². The molecule has 0 radical (unpaired) electrons. The van der Waals surface area contributed by atoms with Crippen LogP contribution in [0, 0.1) is 0 Å². The van der Waals surface area contributed by atoms with Gasteiger partial charge in [-0.1, -0.05) is 104 Å². The summed E-state index contributed by atoms with van der Waals surface area (Å²) in [5.41, 5.74) is 0. The minimum Gasteiger partial charge on any atom is -0.449 e. The Labute approximate surface area is 164 Å². The van der Waals surface area contributed by atoms with Gasteiger partial charge in [-0.05, 0) is 19.3 Å². The predicted octanol–water partition coefficient (Wildman–Crippen LogP) is 7.73. The second-order valence-corrected chi connectivity index (χ2v) is 7.70. The maximum absolute atomic E-state index is 12.4. The van der Waals surface area contributed by atoms with E-state index in [0.717, 1.165) is 32.4 Å². The van der Waals surface area contributed by atoms with Gasteiger partial charge in [0, 0.05) is 13.1 Å². The molecule has 0 N–H and O–H groups in total. The summed E-state index contributed by atoms with van der Waals surface area (Å²) in [6.45, 7) is 9.02. The fraction of sp³-hybridized carbons (Fsp3) is 0.957. The van der Waals surface area contributed by atoms with E-state index in [1.54, 1.807) is 0 Å². The molecule has 0 aliphatic heterocycles. The van der Waals surface area contributed by atoms with Crippen LogP contribution in [0.3, 0.4) is 0 Å². The monoisotopic (exact) mass is 369 g/mol. The third kappa shape index (κ3) is 16.7. The first-order valence-electron chi connectivity index (χ1n) is 11.7. The standard InChI is InChI=1S/C23H47NO2/c1-4-7-10-13-14-15-16-19-22-26-23(25)24(20-17-11-8-5-2)21-18-12-9-6-3/h4-22H2,1-3H3. The van der Waals surface area contributed by atoms with Crippen LogP contribution in [0.1, 0.15) is 124 Å². The average Bonchev–Trinajstić information content (AvgIpc) is 2.65. The second kappa shape index (κ2) is 20.6. The zero-order valence-corrected chi connectivity index (χ0v) is 18.2.